The van der Waals surface area contributed by atoms with Crippen LogP contribution in [0.4, 0.5) is 5.82 Å². The number of thioether (sulfide) groups is 1. The van der Waals surface area contributed by atoms with E-state index in [0.717, 1.165) is 10.7 Å². The number of carbonyl (C=O) groups excluding carboxylic acids is 3. The second-order valence-corrected chi connectivity index (χ2v) is 7.34. The summed E-state index contributed by atoms with van der Waals surface area (Å²) in [6.07, 6.45) is 5.41. The molecule has 7 nitrogen and oxygen atoms in total. The maximum atomic E-state index is 13.2. The van der Waals surface area contributed by atoms with Crippen molar-refractivity contribution in [3.63, 3.8) is 0 Å². The van der Waals surface area contributed by atoms with Gasteiger partial charge in [0.1, 0.15) is 11.9 Å². The Morgan fingerprint density at radius 3 is 2.72 bits per heavy atom. The second-order valence-electron chi connectivity index (χ2n) is 6.35. The zero-order valence-corrected chi connectivity index (χ0v) is 17.0. The average Bonchev–Trinajstić information content (AvgIpc) is 2.76. The summed E-state index contributed by atoms with van der Waals surface area (Å²) in [5.74, 6) is -1.16. The molecule has 2 amide bonds. The highest BCUT2D eigenvalue weighted by Gasteiger charge is 2.39. The van der Waals surface area contributed by atoms with E-state index in [2.05, 4.69) is 9.98 Å². The Balaban J connectivity index is 2.00. The van der Waals surface area contributed by atoms with Crippen LogP contribution in [0.1, 0.15) is 28.3 Å². The van der Waals surface area contributed by atoms with Gasteiger partial charge in [0, 0.05) is 18.0 Å². The molecule has 0 saturated heterocycles. The van der Waals surface area contributed by atoms with Crippen LogP contribution in [0, 0.1) is 0 Å². The molecular formula is C21H21N3O4S. The number of methoxy groups -OCH3 is 1. The average molecular weight is 411 g/mol. The number of aliphatic imine (C=N–C) groups is 1. The molecule has 0 saturated carbocycles. The molecule has 29 heavy (non-hydrogen) atoms. The van der Waals surface area contributed by atoms with E-state index < -0.39 is 29.7 Å². The molecule has 0 N–H and O–H groups in total. The van der Waals surface area contributed by atoms with Crippen molar-refractivity contribution in [2.24, 2.45) is 4.99 Å². The van der Waals surface area contributed by atoms with Gasteiger partial charge in [-0.15, -0.1) is 0 Å². The van der Waals surface area contributed by atoms with Crippen LogP contribution in [-0.2, 0) is 14.3 Å². The first-order valence-corrected chi connectivity index (χ1v) is 10.5. The zero-order valence-electron chi connectivity index (χ0n) is 16.1. The van der Waals surface area contributed by atoms with Crippen molar-refractivity contribution in [2.45, 2.75) is 18.4 Å². The van der Waals surface area contributed by atoms with Gasteiger partial charge >= 0.3 is 5.97 Å². The Morgan fingerprint density at radius 1 is 1.28 bits per heavy atom. The molecule has 2 atom stereocenters. The maximum Gasteiger partial charge on any atom is 0.330 e. The third-order valence-corrected chi connectivity index (χ3v) is 5.22. The Labute approximate surface area is 173 Å². The third kappa shape index (κ3) is 4.37. The lowest BCUT2D eigenvalue weighted by molar-refractivity contribution is -0.142. The van der Waals surface area contributed by atoms with Gasteiger partial charge in [-0.05, 0) is 42.2 Å². The van der Waals surface area contributed by atoms with Crippen molar-refractivity contribution in [1.82, 2.24) is 4.98 Å². The fourth-order valence-electron chi connectivity index (χ4n) is 3.11. The van der Waals surface area contributed by atoms with Crippen LogP contribution in [-0.4, -0.2) is 54.1 Å². The van der Waals surface area contributed by atoms with E-state index in [1.165, 1.54) is 19.5 Å². The van der Waals surface area contributed by atoms with Gasteiger partial charge < -0.3 is 4.74 Å². The summed E-state index contributed by atoms with van der Waals surface area (Å²) in [7, 11) is 1.31. The fourth-order valence-corrected chi connectivity index (χ4v) is 3.57. The Morgan fingerprint density at radius 2 is 2.03 bits per heavy atom. The number of pyridine rings is 1. The topological polar surface area (TPSA) is 88.9 Å². The smallest absolute Gasteiger partial charge is 0.330 e. The summed E-state index contributed by atoms with van der Waals surface area (Å²) in [5, 5.41) is 0. The maximum absolute atomic E-state index is 13.2. The number of aromatic nitrogens is 1. The summed E-state index contributed by atoms with van der Waals surface area (Å²) in [5.41, 5.74) is 0.972. The molecule has 2 heterocycles. The molecule has 150 valence electrons. The van der Waals surface area contributed by atoms with Gasteiger partial charge in [0.05, 0.1) is 13.0 Å². The number of ether oxygens (including phenoxy) is 1. The first-order chi connectivity index (χ1) is 14.1. The first kappa shape index (κ1) is 20.7. The van der Waals surface area contributed by atoms with Crippen molar-refractivity contribution in [3.8, 4) is 0 Å². The number of nitrogens with zero attached hydrogens (tertiary/aromatic N) is 3. The number of esters is 1. The number of benzene rings is 1. The van der Waals surface area contributed by atoms with Gasteiger partial charge in [0.15, 0.2) is 0 Å². The molecule has 3 rings (SSSR count). The van der Waals surface area contributed by atoms with E-state index in [0.29, 0.717) is 17.5 Å². The van der Waals surface area contributed by atoms with Crippen LogP contribution in [0.5, 0.6) is 0 Å². The molecule has 0 fully saturated rings. The normalized spacial score (nSPS) is 17.3. The van der Waals surface area contributed by atoms with Gasteiger partial charge in [0.25, 0.3) is 5.91 Å². The molecule has 1 aromatic carbocycles. The van der Waals surface area contributed by atoms with E-state index in [4.69, 9.17) is 4.74 Å². The van der Waals surface area contributed by atoms with Gasteiger partial charge in [-0.25, -0.2) is 14.7 Å². The lowest BCUT2D eigenvalue weighted by Gasteiger charge is -2.30. The van der Waals surface area contributed by atoms with E-state index >= 15 is 0 Å². The quantitative estimate of drug-likeness (QED) is 0.395. The first-order valence-electron chi connectivity index (χ1n) is 9.06. The van der Waals surface area contributed by atoms with Crippen molar-refractivity contribution in [1.29, 1.82) is 0 Å². The lowest BCUT2D eigenvalue weighted by atomic mass is 9.89. The van der Waals surface area contributed by atoms with Crippen molar-refractivity contribution in [3.05, 3.63) is 59.8 Å². The van der Waals surface area contributed by atoms with Crippen LogP contribution in [0.3, 0.4) is 0 Å². The number of hydrogen-bond donors (Lipinski definition) is 0. The number of hydrogen-bond acceptors (Lipinski definition) is 7. The zero-order chi connectivity index (χ0) is 20.8. The molecule has 0 bridgehead atoms. The Bertz CT molecular complexity index is 933. The third-order valence-electron chi connectivity index (χ3n) is 4.58. The Hall–Kier alpha value is -3.00. The van der Waals surface area contributed by atoms with Crippen molar-refractivity contribution in [2.75, 3.05) is 24.0 Å². The SMILES string of the molecule is COC(=O)[C@@H](CCSC)N=CC1C(=O)N(c2ccccn2)C(=O)c2ccccc21. The minimum Gasteiger partial charge on any atom is -0.467 e. The van der Waals surface area contributed by atoms with Gasteiger partial charge in [-0.2, -0.15) is 11.8 Å². The monoisotopic (exact) mass is 411 g/mol. The summed E-state index contributed by atoms with van der Waals surface area (Å²) in [4.78, 5) is 47.8. The van der Waals surface area contributed by atoms with Crippen LogP contribution in [0.25, 0.3) is 0 Å². The largest absolute Gasteiger partial charge is 0.467 e. The number of rotatable bonds is 7. The highest BCUT2D eigenvalue weighted by Crippen LogP contribution is 2.31. The second kappa shape index (κ2) is 9.47. The van der Waals surface area contributed by atoms with Gasteiger partial charge in [-0.3, -0.25) is 14.6 Å². The van der Waals surface area contributed by atoms with Crippen LogP contribution in [0.15, 0.2) is 53.7 Å². The van der Waals surface area contributed by atoms with Crippen LogP contribution < -0.4 is 4.90 Å². The van der Waals surface area contributed by atoms with E-state index in [1.54, 1.807) is 54.2 Å². The molecular weight excluding hydrogens is 390 g/mol. The fraction of sp³-hybridized carbons (Fsp3) is 0.286. The molecule has 0 spiro atoms. The van der Waals surface area contributed by atoms with Gasteiger partial charge in [-0.1, -0.05) is 24.3 Å². The molecule has 0 aliphatic carbocycles. The molecule has 1 unspecified atom stereocenters. The number of fused-ring (bicyclic) bond motifs is 1. The molecule has 0 radical (unpaired) electrons. The van der Waals surface area contributed by atoms with E-state index in [9.17, 15) is 14.4 Å². The molecule has 1 aliphatic heterocycles. The number of carbonyl (C=O) groups is 3. The predicted octanol–water partition coefficient (Wildman–Crippen LogP) is 2.72. The van der Waals surface area contributed by atoms with E-state index in [1.807, 2.05) is 6.26 Å². The van der Waals surface area contributed by atoms with Crippen molar-refractivity contribution >= 4 is 41.6 Å². The number of amides is 2. The summed E-state index contributed by atoms with van der Waals surface area (Å²) >= 11 is 1.60. The van der Waals surface area contributed by atoms with Crippen LogP contribution >= 0.6 is 11.8 Å². The number of imide groups is 1. The summed E-state index contributed by atoms with van der Waals surface area (Å²) in [6.45, 7) is 0. The van der Waals surface area contributed by atoms with Crippen molar-refractivity contribution < 1.29 is 19.1 Å². The number of anilines is 1. The van der Waals surface area contributed by atoms with Crippen LogP contribution in [0.2, 0.25) is 0 Å². The standard InChI is InChI=1S/C21H21N3O4S/c1-28-21(27)17(10-12-29-2)23-13-16-14-7-3-4-8-15(14)19(25)24(20(16)26)18-9-5-6-11-22-18/h3-9,11,13,16-17H,10,12H2,1-2H3/t16?,17-/m1/s1. The van der Waals surface area contributed by atoms with E-state index in [-0.39, 0.29) is 5.82 Å². The molecule has 8 heteroatoms. The molecule has 1 aliphatic rings. The minimum absolute atomic E-state index is 0.252. The highest BCUT2D eigenvalue weighted by atomic mass is 32.2. The summed E-state index contributed by atoms with van der Waals surface area (Å²) in [6, 6.07) is 11.2. The van der Waals surface area contributed by atoms with Gasteiger partial charge in [0.2, 0.25) is 5.91 Å². The lowest BCUT2D eigenvalue weighted by Crippen LogP contribution is -2.46. The molecule has 1 aromatic heterocycles. The highest BCUT2D eigenvalue weighted by molar-refractivity contribution is 7.98. The minimum atomic E-state index is -0.799. The molecule has 2 aromatic rings. The Kier molecular flexibility index (Phi) is 6.77. The summed E-state index contributed by atoms with van der Waals surface area (Å²) < 4.78 is 4.83. The predicted molar refractivity (Wildman–Crippen MR) is 113 cm³/mol.